The number of hydrogen-bond donors (Lipinski definition) is 2. The number of allylic oxidation sites excluding steroid dienone is 1. The third-order valence-corrected chi connectivity index (χ3v) is 4.04. The topological polar surface area (TPSA) is 45.7 Å². The van der Waals surface area contributed by atoms with Crippen molar-refractivity contribution in [1.29, 1.82) is 0 Å². The number of quaternary nitrogens is 1. The van der Waals surface area contributed by atoms with Gasteiger partial charge in [0.2, 0.25) is 0 Å². The van der Waals surface area contributed by atoms with E-state index in [9.17, 15) is 4.79 Å². The standard InChI is InChI=1S/C14H22N2O/c1-3-15-16-14(2)9-8-12(10-14)11-4-6-13(17)7-5-11/h3,10-11,15-16H,1,4-9H2,2H3/p+1. The highest BCUT2D eigenvalue weighted by Crippen LogP contribution is 2.37. The molecule has 94 valence electrons. The van der Waals surface area contributed by atoms with Gasteiger partial charge in [0.15, 0.2) is 0 Å². The third-order valence-electron chi connectivity index (χ3n) is 4.04. The Hall–Kier alpha value is -0.930. The molecule has 0 aromatic rings. The molecule has 0 aliphatic heterocycles. The van der Waals surface area contributed by atoms with Gasteiger partial charge in [0.1, 0.15) is 12.0 Å². The summed E-state index contributed by atoms with van der Waals surface area (Å²) in [4.78, 5) is 11.2. The van der Waals surface area contributed by atoms with E-state index >= 15 is 0 Å². The molecule has 1 fully saturated rings. The molecule has 3 heteroatoms. The predicted octanol–water partition coefficient (Wildman–Crippen LogP) is 1.44. The molecule has 0 aromatic heterocycles. The number of nitrogens with two attached hydrogens (primary N) is 1. The SMILES string of the molecule is C=C[NH2+]NC1(C)C=C(C2CCC(=O)CC2)CC1. The van der Waals surface area contributed by atoms with Crippen LogP contribution in [0, 0.1) is 5.92 Å². The largest absolute Gasteiger partial charge is 0.300 e. The van der Waals surface area contributed by atoms with Crippen molar-refractivity contribution in [2.45, 2.75) is 51.0 Å². The summed E-state index contributed by atoms with van der Waals surface area (Å²) in [6.07, 6.45) is 10.2. The average Bonchev–Trinajstić information content (AvgIpc) is 2.71. The number of rotatable bonds is 4. The number of carbonyl (C=O) groups excluding carboxylic acids is 1. The number of Topliss-reactive ketones (excluding diaryl/α,β-unsaturated/α-hetero) is 1. The molecule has 0 aromatic carbocycles. The molecule has 1 atom stereocenters. The van der Waals surface area contributed by atoms with Crippen molar-refractivity contribution in [3.05, 3.63) is 24.4 Å². The minimum Gasteiger partial charge on any atom is -0.300 e. The van der Waals surface area contributed by atoms with Gasteiger partial charge in [-0.1, -0.05) is 11.6 Å². The lowest BCUT2D eigenvalue weighted by atomic mass is 9.83. The summed E-state index contributed by atoms with van der Waals surface area (Å²) < 4.78 is 0. The predicted molar refractivity (Wildman–Crippen MR) is 67.9 cm³/mol. The second kappa shape index (κ2) is 5.15. The molecule has 3 nitrogen and oxygen atoms in total. The minimum absolute atomic E-state index is 0.0883. The lowest BCUT2D eigenvalue weighted by Gasteiger charge is -2.22. The maximum absolute atomic E-state index is 11.2. The molecule has 1 unspecified atom stereocenters. The molecule has 1 saturated carbocycles. The summed E-state index contributed by atoms with van der Waals surface area (Å²) in [5.74, 6) is 1.10. The molecule has 2 aliphatic rings. The van der Waals surface area contributed by atoms with E-state index in [-0.39, 0.29) is 5.54 Å². The second-order valence-corrected chi connectivity index (χ2v) is 5.50. The highest BCUT2D eigenvalue weighted by atomic mass is 16.1. The number of hydrogen-bond acceptors (Lipinski definition) is 2. The lowest BCUT2D eigenvalue weighted by Crippen LogP contribution is -2.91. The summed E-state index contributed by atoms with van der Waals surface area (Å²) in [7, 11) is 0. The third kappa shape index (κ3) is 3.05. The summed E-state index contributed by atoms with van der Waals surface area (Å²) in [5.41, 5.74) is 6.97. The van der Waals surface area contributed by atoms with Crippen molar-refractivity contribution in [1.82, 2.24) is 5.43 Å². The van der Waals surface area contributed by atoms with Crippen LogP contribution in [0.2, 0.25) is 0 Å². The fraction of sp³-hybridized carbons (Fsp3) is 0.643. The molecular formula is C14H23N2O+. The molecule has 0 amide bonds. The van der Waals surface area contributed by atoms with Crippen molar-refractivity contribution in [2.75, 3.05) is 0 Å². The molecule has 0 bridgehead atoms. The van der Waals surface area contributed by atoms with Crippen LogP contribution in [0.3, 0.4) is 0 Å². The molecule has 2 aliphatic carbocycles. The molecule has 0 spiro atoms. The van der Waals surface area contributed by atoms with Crippen molar-refractivity contribution < 1.29 is 10.2 Å². The van der Waals surface area contributed by atoms with Crippen molar-refractivity contribution in [3.8, 4) is 0 Å². The Morgan fingerprint density at radius 1 is 1.47 bits per heavy atom. The molecule has 0 heterocycles. The highest BCUT2D eigenvalue weighted by molar-refractivity contribution is 5.79. The maximum atomic E-state index is 11.2. The first-order chi connectivity index (χ1) is 8.13. The van der Waals surface area contributed by atoms with Crippen LogP contribution in [0.5, 0.6) is 0 Å². The second-order valence-electron chi connectivity index (χ2n) is 5.50. The maximum Gasteiger partial charge on any atom is 0.132 e. The minimum atomic E-state index is 0.0883. The first-order valence-corrected chi connectivity index (χ1v) is 6.58. The van der Waals surface area contributed by atoms with Crippen LogP contribution < -0.4 is 10.9 Å². The van der Waals surface area contributed by atoms with Crippen LogP contribution in [0.15, 0.2) is 24.4 Å². The van der Waals surface area contributed by atoms with Gasteiger partial charge >= 0.3 is 0 Å². The Kier molecular flexibility index (Phi) is 3.79. The zero-order valence-corrected chi connectivity index (χ0v) is 10.7. The molecule has 0 radical (unpaired) electrons. The molecule has 2 rings (SSSR count). The summed E-state index contributed by atoms with van der Waals surface area (Å²) in [5, 5.41) is 0. The van der Waals surface area contributed by atoms with E-state index in [1.165, 1.54) is 6.42 Å². The first-order valence-electron chi connectivity index (χ1n) is 6.58. The Balaban J connectivity index is 1.96. The summed E-state index contributed by atoms with van der Waals surface area (Å²) >= 11 is 0. The van der Waals surface area contributed by atoms with E-state index in [2.05, 4.69) is 25.0 Å². The molecule has 0 saturated heterocycles. The van der Waals surface area contributed by atoms with Gasteiger partial charge in [-0.2, -0.15) is 5.43 Å². The number of nitrogens with one attached hydrogen (secondary N) is 1. The van der Waals surface area contributed by atoms with Crippen molar-refractivity contribution in [2.24, 2.45) is 5.92 Å². The Morgan fingerprint density at radius 2 is 2.18 bits per heavy atom. The fourth-order valence-electron chi connectivity index (χ4n) is 2.95. The monoisotopic (exact) mass is 235 g/mol. The van der Waals surface area contributed by atoms with Gasteiger partial charge in [-0.3, -0.25) is 4.79 Å². The Morgan fingerprint density at radius 3 is 2.82 bits per heavy atom. The van der Waals surface area contributed by atoms with E-state index in [4.69, 9.17) is 0 Å². The van der Waals surface area contributed by atoms with E-state index < -0.39 is 0 Å². The van der Waals surface area contributed by atoms with Crippen molar-refractivity contribution >= 4 is 5.78 Å². The van der Waals surface area contributed by atoms with Gasteiger partial charge in [-0.05, 0) is 45.1 Å². The first kappa shape index (κ1) is 12.5. The van der Waals surface area contributed by atoms with Gasteiger partial charge < -0.3 is 0 Å². The van der Waals surface area contributed by atoms with Crippen LogP contribution in [-0.2, 0) is 4.79 Å². The van der Waals surface area contributed by atoms with Gasteiger partial charge in [-0.25, -0.2) is 5.43 Å². The Labute approximate surface area is 103 Å². The number of ketones is 1. The van der Waals surface area contributed by atoms with Crippen LogP contribution in [-0.4, -0.2) is 11.3 Å². The van der Waals surface area contributed by atoms with Crippen LogP contribution >= 0.6 is 0 Å². The quantitative estimate of drug-likeness (QED) is 0.440. The zero-order chi connectivity index (χ0) is 12.3. The van der Waals surface area contributed by atoms with Crippen LogP contribution in [0.4, 0.5) is 0 Å². The number of carbonyl (C=O) groups is 1. The fourth-order valence-corrected chi connectivity index (χ4v) is 2.95. The van der Waals surface area contributed by atoms with Crippen molar-refractivity contribution in [3.63, 3.8) is 0 Å². The average molecular weight is 235 g/mol. The molecule has 3 N–H and O–H groups in total. The van der Waals surface area contributed by atoms with E-state index in [1.807, 2.05) is 5.43 Å². The van der Waals surface area contributed by atoms with Gasteiger partial charge in [0, 0.05) is 12.8 Å². The molecule has 17 heavy (non-hydrogen) atoms. The van der Waals surface area contributed by atoms with E-state index in [0.29, 0.717) is 11.7 Å². The zero-order valence-electron chi connectivity index (χ0n) is 10.7. The van der Waals surface area contributed by atoms with E-state index in [0.717, 1.165) is 32.1 Å². The smallest absolute Gasteiger partial charge is 0.132 e. The van der Waals surface area contributed by atoms with Crippen LogP contribution in [0.1, 0.15) is 45.4 Å². The normalized spacial score (nSPS) is 30.4. The van der Waals surface area contributed by atoms with Gasteiger partial charge in [-0.15, -0.1) is 0 Å². The van der Waals surface area contributed by atoms with Crippen LogP contribution in [0.25, 0.3) is 0 Å². The van der Waals surface area contributed by atoms with Gasteiger partial charge in [0.05, 0.1) is 5.54 Å². The summed E-state index contributed by atoms with van der Waals surface area (Å²) in [6.45, 7) is 5.92. The van der Waals surface area contributed by atoms with Gasteiger partial charge in [0.25, 0.3) is 0 Å². The Bertz CT molecular complexity index is 338. The van der Waals surface area contributed by atoms with E-state index in [1.54, 1.807) is 11.8 Å². The highest BCUT2D eigenvalue weighted by Gasteiger charge is 2.33. The molecular weight excluding hydrogens is 212 g/mol. The summed E-state index contributed by atoms with van der Waals surface area (Å²) in [6, 6.07) is 0. The lowest BCUT2D eigenvalue weighted by molar-refractivity contribution is -0.658.